The van der Waals surface area contributed by atoms with Gasteiger partial charge in [0.15, 0.2) is 0 Å². The average Bonchev–Trinajstić information content (AvgIpc) is 2.97. The summed E-state index contributed by atoms with van der Waals surface area (Å²) in [5.41, 5.74) is 2.71. The van der Waals surface area contributed by atoms with E-state index in [9.17, 15) is 14.4 Å². The summed E-state index contributed by atoms with van der Waals surface area (Å²) >= 11 is 0. The molecule has 3 rings (SSSR count). The van der Waals surface area contributed by atoms with Crippen LogP contribution in [0.4, 0.5) is 0 Å². The summed E-state index contributed by atoms with van der Waals surface area (Å²) in [6.07, 6.45) is 5.25. The molecule has 0 fully saturated rings. The first-order valence-electron chi connectivity index (χ1n) is 8.60. The number of nitrogens with one attached hydrogen (secondary N) is 1. The van der Waals surface area contributed by atoms with Crippen LogP contribution in [0.3, 0.4) is 0 Å². The molecule has 0 aliphatic carbocycles. The van der Waals surface area contributed by atoms with Gasteiger partial charge in [0.25, 0.3) is 5.91 Å². The highest BCUT2D eigenvalue weighted by Crippen LogP contribution is 2.30. The Morgan fingerprint density at radius 1 is 1.44 bits per heavy atom. The Labute approximate surface area is 146 Å². The molecule has 0 saturated carbocycles. The third kappa shape index (κ3) is 3.73. The Morgan fingerprint density at radius 2 is 2.28 bits per heavy atom. The van der Waals surface area contributed by atoms with Crippen molar-refractivity contribution in [2.24, 2.45) is 0 Å². The highest BCUT2D eigenvalue weighted by Gasteiger charge is 2.31. The third-order valence-corrected chi connectivity index (χ3v) is 4.70. The zero-order valence-corrected chi connectivity index (χ0v) is 14.3. The summed E-state index contributed by atoms with van der Waals surface area (Å²) < 4.78 is 5.70. The summed E-state index contributed by atoms with van der Waals surface area (Å²) in [5, 5.41) is 2.12. The minimum absolute atomic E-state index is 0.0108. The maximum absolute atomic E-state index is 12.6. The number of imide groups is 1. The van der Waals surface area contributed by atoms with Crippen molar-refractivity contribution in [3.63, 3.8) is 0 Å². The first kappa shape index (κ1) is 17.2. The molecule has 0 radical (unpaired) electrons. The number of hydrogen-bond donors (Lipinski definition) is 1. The first-order chi connectivity index (χ1) is 12.1. The number of ether oxygens (including phenoxy) is 1. The zero-order chi connectivity index (χ0) is 17.8. The van der Waals surface area contributed by atoms with Crippen LogP contribution in [0.1, 0.15) is 54.1 Å². The Balaban J connectivity index is 1.69. The molecule has 6 heteroatoms. The second kappa shape index (κ2) is 7.51. The summed E-state index contributed by atoms with van der Waals surface area (Å²) in [4.78, 5) is 36.1. The predicted octanol–water partition coefficient (Wildman–Crippen LogP) is 2.24. The highest BCUT2D eigenvalue weighted by molar-refractivity contribution is 5.99. The minimum atomic E-state index is -0.324. The van der Waals surface area contributed by atoms with Crippen LogP contribution < -0.4 is 5.32 Å². The van der Waals surface area contributed by atoms with Crippen molar-refractivity contribution >= 4 is 24.0 Å². The number of benzene rings is 1. The van der Waals surface area contributed by atoms with Gasteiger partial charge in [-0.1, -0.05) is 6.07 Å². The van der Waals surface area contributed by atoms with Gasteiger partial charge in [-0.25, -0.2) is 0 Å². The molecule has 0 aromatic heterocycles. The number of nitrogens with zero attached hydrogens (tertiary/aromatic N) is 1. The fourth-order valence-electron chi connectivity index (χ4n) is 3.24. The molecular formula is C19H22N2O4. The molecule has 0 spiro atoms. The summed E-state index contributed by atoms with van der Waals surface area (Å²) in [6.45, 7) is 3.19. The van der Waals surface area contributed by atoms with Crippen LogP contribution in [-0.4, -0.2) is 35.8 Å². The van der Waals surface area contributed by atoms with E-state index < -0.39 is 0 Å². The lowest BCUT2D eigenvalue weighted by Gasteiger charge is -2.23. The molecule has 1 aromatic rings. The maximum Gasteiger partial charge on any atom is 0.254 e. The number of allylic oxidation sites excluding steroid dienone is 1. The molecule has 1 atom stereocenters. The van der Waals surface area contributed by atoms with E-state index >= 15 is 0 Å². The van der Waals surface area contributed by atoms with Crippen LogP contribution in [0.25, 0.3) is 5.76 Å². The Hall–Kier alpha value is -2.63. The van der Waals surface area contributed by atoms with E-state index in [2.05, 4.69) is 11.4 Å². The number of fused-ring (bicyclic) bond motifs is 1. The quantitative estimate of drug-likeness (QED) is 0.805. The summed E-state index contributed by atoms with van der Waals surface area (Å²) in [5.74, 6) is 0.552. The van der Waals surface area contributed by atoms with Gasteiger partial charge < -0.3 is 9.64 Å². The molecule has 3 amide bonds. The topological polar surface area (TPSA) is 75.7 Å². The Morgan fingerprint density at radius 3 is 3.00 bits per heavy atom. The van der Waals surface area contributed by atoms with Crippen molar-refractivity contribution in [3.8, 4) is 0 Å². The second-order valence-corrected chi connectivity index (χ2v) is 6.44. The molecule has 0 saturated heterocycles. The van der Waals surface area contributed by atoms with Crippen LogP contribution in [0.2, 0.25) is 0 Å². The largest absolute Gasteiger partial charge is 0.493 e. The van der Waals surface area contributed by atoms with Crippen LogP contribution in [-0.2, 0) is 20.9 Å². The molecule has 6 nitrogen and oxygen atoms in total. The van der Waals surface area contributed by atoms with Crippen molar-refractivity contribution in [1.29, 1.82) is 0 Å². The molecule has 1 unspecified atom stereocenters. The molecule has 25 heavy (non-hydrogen) atoms. The monoisotopic (exact) mass is 342 g/mol. The van der Waals surface area contributed by atoms with Gasteiger partial charge >= 0.3 is 0 Å². The number of amides is 3. The van der Waals surface area contributed by atoms with Gasteiger partial charge in [-0.05, 0) is 50.0 Å². The van der Waals surface area contributed by atoms with Gasteiger partial charge in [0.05, 0.1) is 6.61 Å². The summed E-state index contributed by atoms with van der Waals surface area (Å²) in [7, 11) is 0. The van der Waals surface area contributed by atoms with E-state index in [1.54, 1.807) is 4.90 Å². The van der Waals surface area contributed by atoms with Gasteiger partial charge in [-0.15, -0.1) is 0 Å². The average molecular weight is 342 g/mol. The van der Waals surface area contributed by atoms with E-state index in [1.807, 2.05) is 25.1 Å². The van der Waals surface area contributed by atoms with Crippen molar-refractivity contribution < 1.29 is 19.1 Å². The third-order valence-electron chi connectivity index (χ3n) is 4.70. The minimum Gasteiger partial charge on any atom is -0.493 e. The van der Waals surface area contributed by atoms with Crippen molar-refractivity contribution in [3.05, 3.63) is 41.0 Å². The lowest BCUT2D eigenvalue weighted by atomic mass is 10.0. The molecular weight excluding hydrogens is 320 g/mol. The van der Waals surface area contributed by atoms with Crippen LogP contribution >= 0.6 is 0 Å². The second-order valence-electron chi connectivity index (χ2n) is 6.44. The zero-order valence-electron chi connectivity index (χ0n) is 14.3. The number of rotatable bonds is 6. The normalized spacial score (nSPS) is 17.4. The smallest absolute Gasteiger partial charge is 0.254 e. The summed E-state index contributed by atoms with van der Waals surface area (Å²) in [6, 6.07) is 5.74. The maximum atomic E-state index is 12.6. The van der Waals surface area contributed by atoms with E-state index in [0.717, 1.165) is 36.3 Å². The van der Waals surface area contributed by atoms with Crippen molar-refractivity contribution in [2.75, 3.05) is 6.61 Å². The van der Waals surface area contributed by atoms with Crippen LogP contribution in [0.15, 0.2) is 24.3 Å². The van der Waals surface area contributed by atoms with Gasteiger partial charge in [-0.3, -0.25) is 19.7 Å². The van der Waals surface area contributed by atoms with Gasteiger partial charge in [0, 0.05) is 30.1 Å². The molecule has 2 aliphatic heterocycles. The van der Waals surface area contributed by atoms with Gasteiger partial charge in [0.1, 0.15) is 5.76 Å². The molecule has 0 bridgehead atoms. The number of hydrogen-bond acceptors (Lipinski definition) is 4. The van der Waals surface area contributed by atoms with Crippen molar-refractivity contribution in [2.45, 2.75) is 45.2 Å². The van der Waals surface area contributed by atoms with E-state index in [4.69, 9.17) is 4.74 Å². The fourth-order valence-corrected chi connectivity index (χ4v) is 3.24. The van der Waals surface area contributed by atoms with E-state index in [-0.39, 0.29) is 24.3 Å². The van der Waals surface area contributed by atoms with Crippen LogP contribution in [0.5, 0.6) is 0 Å². The number of carbonyl (C=O) groups excluding carboxylic acids is 3. The van der Waals surface area contributed by atoms with Crippen molar-refractivity contribution in [1.82, 2.24) is 10.2 Å². The molecule has 2 heterocycles. The van der Waals surface area contributed by atoms with E-state index in [1.165, 1.54) is 0 Å². The lowest BCUT2D eigenvalue weighted by molar-refractivity contribution is -0.125. The Kier molecular flexibility index (Phi) is 5.16. The van der Waals surface area contributed by atoms with Crippen LogP contribution in [0, 0.1) is 0 Å². The Bertz CT molecular complexity index is 726. The lowest BCUT2D eigenvalue weighted by Crippen LogP contribution is -2.34. The predicted molar refractivity (Wildman–Crippen MR) is 92.4 cm³/mol. The molecule has 1 aromatic carbocycles. The first-order valence-corrected chi connectivity index (χ1v) is 8.60. The van der Waals surface area contributed by atoms with Gasteiger partial charge in [0.2, 0.25) is 12.3 Å². The van der Waals surface area contributed by atoms with Gasteiger partial charge in [-0.2, -0.15) is 0 Å². The number of carbonyl (C=O) groups is 3. The molecule has 1 N–H and O–H groups in total. The fraction of sp³-hybridized carbons (Fsp3) is 0.421. The van der Waals surface area contributed by atoms with E-state index in [0.29, 0.717) is 24.9 Å². The molecule has 2 aliphatic rings. The SMILES string of the molecule is CC(CCC(=O)NC=O)N1Cc2cc(C3=CCCCO3)ccc2C1=O. The highest BCUT2D eigenvalue weighted by atomic mass is 16.5. The molecule has 132 valence electrons. The standard InChI is InChI=1S/C19H22N2O4/c1-13(5-8-18(23)20-12-22)21-11-15-10-14(6-7-16(15)19(21)24)17-4-2-3-9-25-17/h4,6-7,10,12-13H,2-3,5,8-9,11H2,1H3,(H,20,22,23).